The van der Waals surface area contributed by atoms with E-state index in [-0.39, 0.29) is 6.54 Å². The second kappa shape index (κ2) is 6.44. The number of hydrogen-bond acceptors (Lipinski definition) is 3. The van der Waals surface area contributed by atoms with Crippen LogP contribution >= 0.6 is 15.9 Å². The lowest BCUT2D eigenvalue weighted by Crippen LogP contribution is -2.29. The highest BCUT2D eigenvalue weighted by atomic mass is 79.9. The average Bonchev–Trinajstić information content (AvgIpc) is 2.35. The second-order valence-corrected chi connectivity index (χ2v) is 4.17. The van der Waals surface area contributed by atoms with Gasteiger partial charge in [0.25, 0.3) is 5.91 Å². The third-order valence-electron chi connectivity index (χ3n) is 2.13. The van der Waals surface area contributed by atoms with Crippen LogP contribution < -0.4 is 5.32 Å². The zero-order valence-corrected chi connectivity index (χ0v) is 11.0. The highest BCUT2D eigenvalue weighted by molar-refractivity contribution is 9.10. The van der Waals surface area contributed by atoms with Gasteiger partial charge in [0, 0.05) is 11.0 Å². The van der Waals surface area contributed by atoms with Crippen molar-refractivity contribution < 1.29 is 23.1 Å². The molecular weight excluding hydrogens is 312 g/mol. The fraction of sp³-hybridized carbons (Fsp3) is 0.273. The van der Waals surface area contributed by atoms with Crippen LogP contribution in [0.4, 0.5) is 8.78 Å². The first kappa shape index (κ1) is 14.6. The molecule has 0 saturated carbocycles. The molecule has 0 saturated heterocycles. The van der Waals surface area contributed by atoms with Gasteiger partial charge in [-0.3, -0.25) is 4.79 Å². The van der Waals surface area contributed by atoms with Crippen molar-refractivity contribution in [3.63, 3.8) is 0 Å². The van der Waals surface area contributed by atoms with E-state index in [0.29, 0.717) is 15.6 Å². The standard InChI is InChI=1S/C11H10BrF2NO3/c1-18-11(17)6-2-3-7(8(12)4-6)5-15-10(16)9(13)14/h2-4,9H,5H2,1H3,(H,15,16). The summed E-state index contributed by atoms with van der Waals surface area (Å²) in [5.41, 5.74) is 0.907. The van der Waals surface area contributed by atoms with E-state index in [9.17, 15) is 18.4 Å². The third kappa shape index (κ3) is 3.76. The molecule has 1 aromatic carbocycles. The summed E-state index contributed by atoms with van der Waals surface area (Å²) in [6.07, 6.45) is -3.04. The lowest BCUT2D eigenvalue weighted by molar-refractivity contribution is -0.131. The smallest absolute Gasteiger partial charge is 0.337 e. The molecule has 98 valence electrons. The maximum Gasteiger partial charge on any atom is 0.337 e. The second-order valence-electron chi connectivity index (χ2n) is 3.32. The van der Waals surface area contributed by atoms with Crippen LogP contribution in [0.15, 0.2) is 22.7 Å². The van der Waals surface area contributed by atoms with Gasteiger partial charge in [0.15, 0.2) is 0 Å². The van der Waals surface area contributed by atoms with Crippen molar-refractivity contribution in [3.8, 4) is 0 Å². The summed E-state index contributed by atoms with van der Waals surface area (Å²) in [6.45, 7) is -0.0504. The zero-order chi connectivity index (χ0) is 13.7. The Morgan fingerprint density at radius 3 is 2.61 bits per heavy atom. The molecule has 1 amide bonds. The predicted molar refractivity (Wildman–Crippen MR) is 63.3 cm³/mol. The van der Waals surface area contributed by atoms with Crippen molar-refractivity contribution in [1.29, 1.82) is 0 Å². The summed E-state index contributed by atoms with van der Waals surface area (Å²) in [5, 5.41) is 2.07. The Morgan fingerprint density at radius 1 is 1.44 bits per heavy atom. The molecule has 18 heavy (non-hydrogen) atoms. The molecule has 0 atom stereocenters. The van der Waals surface area contributed by atoms with Gasteiger partial charge in [-0.1, -0.05) is 22.0 Å². The molecule has 1 aromatic rings. The number of carbonyl (C=O) groups excluding carboxylic acids is 2. The number of alkyl halides is 2. The maximum atomic E-state index is 12.0. The topological polar surface area (TPSA) is 55.4 Å². The minimum absolute atomic E-state index is 0.0504. The molecule has 0 fully saturated rings. The SMILES string of the molecule is COC(=O)c1ccc(CNC(=O)C(F)F)c(Br)c1. The first-order chi connectivity index (χ1) is 8.45. The number of ether oxygens (including phenoxy) is 1. The largest absolute Gasteiger partial charge is 0.465 e. The van der Waals surface area contributed by atoms with E-state index in [4.69, 9.17) is 0 Å². The third-order valence-corrected chi connectivity index (χ3v) is 2.86. The van der Waals surface area contributed by atoms with E-state index in [1.807, 2.05) is 0 Å². The Hall–Kier alpha value is -1.50. The minimum atomic E-state index is -3.04. The van der Waals surface area contributed by atoms with Crippen molar-refractivity contribution >= 4 is 27.8 Å². The lowest BCUT2D eigenvalue weighted by Gasteiger charge is -2.08. The van der Waals surface area contributed by atoms with E-state index < -0.39 is 18.3 Å². The summed E-state index contributed by atoms with van der Waals surface area (Å²) < 4.78 is 29.0. The Labute approximate surface area is 110 Å². The van der Waals surface area contributed by atoms with E-state index >= 15 is 0 Å². The van der Waals surface area contributed by atoms with Crippen molar-refractivity contribution in [1.82, 2.24) is 5.32 Å². The van der Waals surface area contributed by atoms with Gasteiger partial charge in [0.05, 0.1) is 12.7 Å². The number of carbonyl (C=O) groups is 2. The van der Waals surface area contributed by atoms with E-state index in [0.717, 1.165) is 0 Å². The Balaban J connectivity index is 2.74. The van der Waals surface area contributed by atoms with Gasteiger partial charge < -0.3 is 10.1 Å². The number of methoxy groups -OCH3 is 1. The molecule has 0 spiro atoms. The van der Waals surface area contributed by atoms with Crippen molar-refractivity contribution in [3.05, 3.63) is 33.8 Å². The van der Waals surface area contributed by atoms with Crippen LogP contribution in [0, 0.1) is 0 Å². The van der Waals surface area contributed by atoms with Gasteiger partial charge in [0.2, 0.25) is 0 Å². The first-order valence-corrected chi connectivity index (χ1v) is 5.67. The monoisotopic (exact) mass is 321 g/mol. The maximum absolute atomic E-state index is 12.0. The summed E-state index contributed by atoms with van der Waals surface area (Å²) in [7, 11) is 1.26. The van der Waals surface area contributed by atoms with E-state index in [1.54, 1.807) is 6.07 Å². The molecule has 0 radical (unpaired) electrons. The van der Waals surface area contributed by atoms with Crippen molar-refractivity contribution in [2.45, 2.75) is 13.0 Å². The number of halogens is 3. The Morgan fingerprint density at radius 2 is 2.11 bits per heavy atom. The molecule has 0 bridgehead atoms. The number of hydrogen-bond donors (Lipinski definition) is 1. The van der Waals surface area contributed by atoms with Crippen molar-refractivity contribution in [2.75, 3.05) is 7.11 Å². The summed E-state index contributed by atoms with van der Waals surface area (Å²) in [5.74, 6) is -1.84. The van der Waals surface area contributed by atoms with Gasteiger partial charge >= 0.3 is 12.4 Å². The number of rotatable bonds is 4. The fourth-order valence-corrected chi connectivity index (χ4v) is 1.71. The van der Waals surface area contributed by atoms with Crippen LogP contribution in [0.25, 0.3) is 0 Å². The number of amides is 1. The van der Waals surface area contributed by atoms with Crippen LogP contribution in [-0.2, 0) is 16.1 Å². The molecule has 0 aliphatic heterocycles. The normalized spacial score (nSPS) is 10.3. The van der Waals surface area contributed by atoms with Crippen molar-refractivity contribution in [2.24, 2.45) is 0 Å². The Bertz CT molecular complexity index is 466. The molecule has 0 aliphatic carbocycles. The van der Waals surface area contributed by atoms with E-state index in [1.165, 1.54) is 19.2 Å². The molecule has 1 rings (SSSR count). The van der Waals surface area contributed by atoms with Gasteiger partial charge in [-0.25, -0.2) is 4.79 Å². The fourth-order valence-electron chi connectivity index (χ4n) is 1.19. The zero-order valence-electron chi connectivity index (χ0n) is 9.38. The predicted octanol–water partition coefficient (Wildman–Crippen LogP) is 2.12. The van der Waals surface area contributed by atoms with Gasteiger partial charge in [-0.05, 0) is 17.7 Å². The lowest BCUT2D eigenvalue weighted by atomic mass is 10.1. The highest BCUT2D eigenvalue weighted by Crippen LogP contribution is 2.19. The quantitative estimate of drug-likeness (QED) is 0.864. The molecular formula is C11H10BrF2NO3. The average molecular weight is 322 g/mol. The summed E-state index contributed by atoms with van der Waals surface area (Å²) in [6, 6.07) is 4.53. The Kier molecular flexibility index (Phi) is 5.21. The molecule has 1 N–H and O–H groups in total. The van der Waals surface area contributed by atoms with Gasteiger partial charge in [-0.2, -0.15) is 8.78 Å². The number of benzene rings is 1. The van der Waals surface area contributed by atoms with Gasteiger partial charge in [-0.15, -0.1) is 0 Å². The molecule has 0 heterocycles. The van der Waals surface area contributed by atoms with E-state index in [2.05, 4.69) is 26.0 Å². The number of esters is 1. The molecule has 0 aliphatic rings. The molecule has 0 aromatic heterocycles. The van der Waals surface area contributed by atoms with Crippen LogP contribution in [0.3, 0.4) is 0 Å². The number of nitrogens with one attached hydrogen (secondary N) is 1. The molecule has 0 unspecified atom stereocenters. The molecule has 7 heteroatoms. The summed E-state index contributed by atoms with van der Waals surface area (Å²) in [4.78, 5) is 21.9. The van der Waals surface area contributed by atoms with Crippen LogP contribution in [0.2, 0.25) is 0 Å². The first-order valence-electron chi connectivity index (χ1n) is 4.88. The van der Waals surface area contributed by atoms with Crippen LogP contribution in [0.1, 0.15) is 15.9 Å². The molecule has 4 nitrogen and oxygen atoms in total. The van der Waals surface area contributed by atoms with Crippen LogP contribution in [0.5, 0.6) is 0 Å². The minimum Gasteiger partial charge on any atom is -0.465 e. The highest BCUT2D eigenvalue weighted by Gasteiger charge is 2.15. The summed E-state index contributed by atoms with van der Waals surface area (Å²) >= 11 is 3.19. The van der Waals surface area contributed by atoms with Gasteiger partial charge in [0.1, 0.15) is 0 Å². The van der Waals surface area contributed by atoms with Crippen LogP contribution in [-0.4, -0.2) is 25.4 Å².